The summed E-state index contributed by atoms with van der Waals surface area (Å²) >= 11 is 0. The topological polar surface area (TPSA) is 199 Å². The van der Waals surface area contributed by atoms with Crippen molar-refractivity contribution in [2.45, 2.75) is 6.92 Å². The molecule has 0 fully saturated rings. The number of halogens is 2. The summed E-state index contributed by atoms with van der Waals surface area (Å²) in [7, 11) is 0. The quantitative estimate of drug-likeness (QED) is 0.0825. The monoisotopic (exact) mass is 578 g/mol. The van der Waals surface area contributed by atoms with E-state index in [-0.39, 0.29) is 46.8 Å². The van der Waals surface area contributed by atoms with Gasteiger partial charge in [-0.15, -0.1) is 0 Å². The molecule has 3 aromatic carbocycles. The first-order valence-corrected chi connectivity index (χ1v) is 12.1. The number of nitrogens with zero attached hydrogens (tertiary/aromatic N) is 1. The van der Waals surface area contributed by atoms with Gasteiger partial charge in [0.2, 0.25) is 17.4 Å². The van der Waals surface area contributed by atoms with Crippen LogP contribution in [0, 0.1) is 22.5 Å². The predicted octanol–water partition coefficient (Wildman–Crippen LogP) is 5.21. The minimum absolute atomic E-state index is 0.0244. The maximum Gasteiger partial charge on any atom is 0.338 e. The first-order chi connectivity index (χ1) is 20.0. The van der Waals surface area contributed by atoms with Crippen molar-refractivity contribution in [3.8, 4) is 40.5 Å². The lowest BCUT2D eigenvalue weighted by atomic mass is 10.2. The summed E-state index contributed by atoms with van der Waals surface area (Å²) < 4.78 is 52.7. The number of hydrogen-bond acceptors (Lipinski definition) is 9. The normalized spacial score (nSPS) is 10.5. The van der Waals surface area contributed by atoms with Gasteiger partial charge >= 0.3 is 5.97 Å². The molecule has 0 aliphatic heterocycles. The van der Waals surface area contributed by atoms with Crippen molar-refractivity contribution in [1.82, 2.24) is 4.98 Å². The SMILES string of the molecule is CCOC(=O)c1ccc(Oc2c(F)c(Oc3cccc(NC(=N)N)c3)nc(Oc3cc(C(=N)N)ccc3O)c2F)cc1. The average molecular weight is 579 g/mol. The van der Waals surface area contributed by atoms with Crippen molar-refractivity contribution >= 4 is 23.5 Å². The number of anilines is 1. The average Bonchev–Trinajstić information content (AvgIpc) is 2.95. The van der Waals surface area contributed by atoms with Gasteiger partial charge in [-0.05, 0) is 61.5 Å². The molecule has 0 unspecified atom stereocenters. The van der Waals surface area contributed by atoms with Crippen molar-refractivity contribution in [2.24, 2.45) is 11.5 Å². The Morgan fingerprint density at radius 2 is 1.57 bits per heavy atom. The zero-order valence-corrected chi connectivity index (χ0v) is 21.9. The summed E-state index contributed by atoms with van der Waals surface area (Å²) in [5.74, 6) is -7.46. The lowest BCUT2D eigenvalue weighted by Crippen LogP contribution is -2.20. The largest absolute Gasteiger partial charge is 0.504 e. The highest BCUT2D eigenvalue weighted by Gasteiger charge is 2.27. The number of nitrogens with one attached hydrogen (secondary N) is 3. The van der Waals surface area contributed by atoms with E-state index in [1.165, 1.54) is 54.6 Å². The second-order valence-corrected chi connectivity index (χ2v) is 8.39. The molecule has 0 aliphatic carbocycles. The molecular formula is C28H24F2N6O6. The van der Waals surface area contributed by atoms with Crippen LogP contribution in [-0.4, -0.2) is 34.5 Å². The number of nitrogen functional groups attached to an aromatic ring is 1. The van der Waals surface area contributed by atoms with E-state index in [1.807, 2.05) is 0 Å². The highest BCUT2D eigenvalue weighted by molar-refractivity contribution is 5.95. The number of carbonyl (C=O) groups is 1. The second kappa shape index (κ2) is 12.5. The molecule has 8 N–H and O–H groups in total. The molecular weight excluding hydrogens is 554 g/mol. The number of benzene rings is 3. The number of amidine groups is 1. The van der Waals surface area contributed by atoms with Gasteiger partial charge in [0.15, 0.2) is 17.5 Å². The Balaban J connectivity index is 1.76. The van der Waals surface area contributed by atoms with E-state index < -0.39 is 40.9 Å². The molecule has 0 saturated heterocycles. The van der Waals surface area contributed by atoms with Crippen LogP contribution in [0.2, 0.25) is 0 Å². The number of aromatic hydroxyl groups is 1. The molecule has 0 spiro atoms. The van der Waals surface area contributed by atoms with Crippen LogP contribution < -0.4 is 31.0 Å². The van der Waals surface area contributed by atoms with E-state index in [0.717, 1.165) is 6.07 Å². The van der Waals surface area contributed by atoms with Crippen LogP contribution in [0.4, 0.5) is 14.5 Å². The molecule has 0 bridgehead atoms. The molecule has 12 nitrogen and oxygen atoms in total. The number of hydrogen-bond donors (Lipinski definition) is 6. The van der Waals surface area contributed by atoms with E-state index in [0.29, 0.717) is 5.69 Å². The van der Waals surface area contributed by atoms with Gasteiger partial charge < -0.3 is 40.8 Å². The van der Waals surface area contributed by atoms with Crippen LogP contribution in [0.15, 0.2) is 66.7 Å². The molecule has 4 aromatic rings. The summed E-state index contributed by atoms with van der Waals surface area (Å²) in [6, 6.07) is 14.9. The van der Waals surface area contributed by atoms with Gasteiger partial charge in [-0.3, -0.25) is 10.8 Å². The number of pyridine rings is 1. The molecule has 0 atom stereocenters. The van der Waals surface area contributed by atoms with Crippen molar-refractivity contribution in [1.29, 1.82) is 10.8 Å². The van der Waals surface area contributed by atoms with Crippen LogP contribution in [0.5, 0.6) is 40.5 Å². The molecule has 216 valence electrons. The van der Waals surface area contributed by atoms with Gasteiger partial charge in [0, 0.05) is 17.3 Å². The fourth-order valence-electron chi connectivity index (χ4n) is 3.47. The number of phenols is 1. The third-order valence-corrected chi connectivity index (χ3v) is 5.37. The first-order valence-electron chi connectivity index (χ1n) is 12.1. The number of carbonyl (C=O) groups excluding carboxylic acids is 1. The highest BCUT2D eigenvalue weighted by Crippen LogP contribution is 2.41. The summed E-state index contributed by atoms with van der Waals surface area (Å²) in [5.41, 5.74) is 11.5. The smallest absolute Gasteiger partial charge is 0.338 e. The zero-order chi connectivity index (χ0) is 30.4. The van der Waals surface area contributed by atoms with Gasteiger partial charge in [-0.2, -0.15) is 13.8 Å². The molecule has 0 radical (unpaired) electrons. The van der Waals surface area contributed by atoms with E-state index in [4.69, 9.17) is 41.2 Å². The number of aromatic nitrogens is 1. The number of phenolic OH excluding ortho intramolecular Hbond substituents is 1. The summed E-state index contributed by atoms with van der Waals surface area (Å²) in [6.07, 6.45) is 0. The predicted molar refractivity (Wildman–Crippen MR) is 148 cm³/mol. The Morgan fingerprint density at radius 3 is 2.21 bits per heavy atom. The summed E-state index contributed by atoms with van der Waals surface area (Å²) in [5, 5.41) is 27.8. The van der Waals surface area contributed by atoms with Gasteiger partial charge in [0.25, 0.3) is 11.8 Å². The number of guanidine groups is 1. The van der Waals surface area contributed by atoms with E-state index in [1.54, 1.807) is 13.0 Å². The number of ether oxygens (including phenoxy) is 4. The lowest BCUT2D eigenvalue weighted by Gasteiger charge is -2.16. The summed E-state index contributed by atoms with van der Waals surface area (Å²) in [6.45, 7) is 1.81. The number of rotatable bonds is 10. The summed E-state index contributed by atoms with van der Waals surface area (Å²) in [4.78, 5) is 15.8. The van der Waals surface area contributed by atoms with Crippen LogP contribution in [-0.2, 0) is 4.74 Å². The Morgan fingerprint density at radius 1 is 0.905 bits per heavy atom. The van der Waals surface area contributed by atoms with Crippen LogP contribution >= 0.6 is 0 Å². The standard InChI is InChI=1S/C28H24F2N6O6/c1-2-39-27(38)14-6-9-17(10-7-14)40-23-21(29)25(41-18-5-3-4-16(13-18)35-28(33)34)36-26(22(23)30)42-20-12-15(24(31)32)8-11-19(20)37/h3-13,37H,2H2,1H3,(H3,31,32)(H4,33,34,35). The van der Waals surface area contributed by atoms with Crippen LogP contribution in [0.25, 0.3) is 0 Å². The molecule has 0 aliphatic rings. The molecule has 0 saturated carbocycles. The Kier molecular flexibility index (Phi) is 8.66. The van der Waals surface area contributed by atoms with Gasteiger partial charge in [-0.25, -0.2) is 4.79 Å². The van der Waals surface area contributed by atoms with Gasteiger partial charge in [0.1, 0.15) is 17.3 Å². The molecule has 0 amide bonds. The molecule has 1 heterocycles. The van der Waals surface area contributed by atoms with Crippen molar-refractivity contribution in [3.05, 3.63) is 89.5 Å². The second-order valence-electron chi connectivity index (χ2n) is 8.39. The van der Waals surface area contributed by atoms with E-state index >= 15 is 8.78 Å². The molecule has 42 heavy (non-hydrogen) atoms. The van der Waals surface area contributed by atoms with E-state index in [9.17, 15) is 9.90 Å². The highest BCUT2D eigenvalue weighted by atomic mass is 19.1. The number of nitrogens with two attached hydrogens (primary N) is 2. The Hall–Kier alpha value is -5.92. The minimum Gasteiger partial charge on any atom is -0.504 e. The fraction of sp³-hybridized carbons (Fsp3) is 0.0714. The maximum atomic E-state index is 15.7. The van der Waals surface area contributed by atoms with Crippen molar-refractivity contribution in [2.75, 3.05) is 11.9 Å². The molecule has 1 aromatic heterocycles. The van der Waals surface area contributed by atoms with E-state index in [2.05, 4.69) is 10.3 Å². The molecule has 4 rings (SSSR count). The van der Waals surface area contributed by atoms with Crippen LogP contribution in [0.3, 0.4) is 0 Å². The Labute approximate surface area is 237 Å². The fourth-order valence-corrected chi connectivity index (χ4v) is 3.47. The zero-order valence-electron chi connectivity index (χ0n) is 21.9. The van der Waals surface area contributed by atoms with Crippen molar-refractivity contribution in [3.63, 3.8) is 0 Å². The van der Waals surface area contributed by atoms with Crippen LogP contribution in [0.1, 0.15) is 22.8 Å². The maximum absolute atomic E-state index is 15.7. The van der Waals surface area contributed by atoms with Gasteiger partial charge in [-0.1, -0.05) is 6.07 Å². The third-order valence-electron chi connectivity index (χ3n) is 5.37. The Bertz CT molecular complexity index is 1670. The first kappa shape index (κ1) is 29.1. The third kappa shape index (κ3) is 6.80. The molecule has 14 heteroatoms. The number of esters is 1. The van der Waals surface area contributed by atoms with Crippen molar-refractivity contribution < 1.29 is 37.6 Å². The minimum atomic E-state index is -1.39. The lowest BCUT2D eigenvalue weighted by molar-refractivity contribution is 0.0526. The van der Waals surface area contributed by atoms with Gasteiger partial charge in [0.05, 0.1) is 12.2 Å².